The second-order valence-electron chi connectivity index (χ2n) is 7.28. The molecule has 1 aromatic carbocycles. The van der Waals surface area contributed by atoms with Crippen molar-refractivity contribution >= 4 is 11.9 Å². The number of piperidine rings is 1. The number of carbonyl (C=O) groups excluding carboxylic acids is 2. The molecular weight excluding hydrogens is 342 g/mol. The Morgan fingerprint density at radius 1 is 0.889 bits per heavy atom. The topological polar surface area (TPSA) is 64.6 Å². The summed E-state index contributed by atoms with van der Waals surface area (Å²) >= 11 is 0. The molecule has 0 aliphatic carbocycles. The molecule has 0 atom stereocenters. The third-order valence-corrected chi connectivity index (χ3v) is 5.26. The summed E-state index contributed by atoms with van der Waals surface area (Å²) in [6, 6.07) is 10.1. The molecule has 5 heteroatoms. The lowest BCUT2D eigenvalue weighted by molar-refractivity contribution is -0.164. The third kappa shape index (κ3) is 7.33. The van der Waals surface area contributed by atoms with Gasteiger partial charge < -0.3 is 14.8 Å². The highest BCUT2D eigenvalue weighted by molar-refractivity contribution is 5.70. The van der Waals surface area contributed by atoms with E-state index in [1.165, 1.54) is 7.11 Å². The van der Waals surface area contributed by atoms with Crippen molar-refractivity contribution in [3.8, 4) is 0 Å². The van der Waals surface area contributed by atoms with Crippen LogP contribution in [0, 0.1) is 0 Å². The monoisotopic (exact) mass is 375 g/mol. The van der Waals surface area contributed by atoms with Crippen molar-refractivity contribution in [3.63, 3.8) is 0 Å². The fourth-order valence-electron chi connectivity index (χ4n) is 3.64. The zero-order valence-corrected chi connectivity index (χ0v) is 16.5. The molecule has 0 aromatic heterocycles. The molecule has 1 aliphatic heterocycles. The summed E-state index contributed by atoms with van der Waals surface area (Å²) in [5.41, 5.74) is 0.628. The van der Waals surface area contributed by atoms with Crippen LogP contribution in [0.3, 0.4) is 0 Å². The summed E-state index contributed by atoms with van der Waals surface area (Å²) < 4.78 is 10.6. The highest BCUT2D eigenvalue weighted by Crippen LogP contribution is 2.35. The highest BCUT2D eigenvalue weighted by atomic mass is 16.6. The molecule has 1 heterocycles. The molecule has 2 rings (SSSR count). The van der Waals surface area contributed by atoms with Gasteiger partial charge in [0.15, 0.2) is 0 Å². The van der Waals surface area contributed by atoms with Gasteiger partial charge in [-0.05, 0) is 31.5 Å². The highest BCUT2D eigenvalue weighted by Gasteiger charge is 2.37. The number of hydrogen-bond acceptors (Lipinski definition) is 5. The molecule has 1 saturated heterocycles. The molecule has 150 valence electrons. The van der Waals surface area contributed by atoms with E-state index in [0.717, 1.165) is 70.0 Å². The molecule has 1 aliphatic rings. The number of unbranched alkanes of at least 4 members (excludes halogenated alkanes) is 5. The van der Waals surface area contributed by atoms with Crippen LogP contribution in [-0.4, -0.2) is 32.1 Å². The lowest BCUT2D eigenvalue weighted by Crippen LogP contribution is -2.43. The molecule has 5 nitrogen and oxygen atoms in total. The number of ether oxygens (including phenoxy) is 2. The number of benzene rings is 1. The summed E-state index contributed by atoms with van der Waals surface area (Å²) in [7, 11) is 1.42. The molecule has 0 spiro atoms. The van der Waals surface area contributed by atoms with E-state index in [1.54, 1.807) is 0 Å². The molecule has 1 aromatic rings. The van der Waals surface area contributed by atoms with Gasteiger partial charge in [0.2, 0.25) is 0 Å². The summed E-state index contributed by atoms with van der Waals surface area (Å²) in [4.78, 5) is 23.5. The maximum Gasteiger partial charge on any atom is 0.306 e. The van der Waals surface area contributed by atoms with Gasteiger partial charge in [0.1, 0.15) is 5.60 Å². The van der Waals surface area contributed by atoms with Crippen LogP contribution in [0.1, 0.15) is 69.8 Å². The van der Waals surface area contributed by atoms with Gasteiger partial charge in [0.25, 0.3) is 0 Å². The van der Waals surface area contributed by atoms with Gasteiger partial charge in [0, 0.05) is 25.7 Å². The summed E-state index contributed by atoms with van der Waals surface area (Å²) in [6.07, 6.45) is 8.58. The van der Waals surface area contributed by atoms with Crippen LogP contribution in [0.15, 0.2) is 30.3 Å². The van der Waals surface area contributed by atoms with Gasteiger partial charge in [-0.3, -0.25) is 9.59 Å². The first-order valence-corrected chi connectivity index (χ1v) is 10.2. The Hall–Kier alpha value is -1.88. The van der Waals surface area contributed by atoms with E-state index >= 15 is 0 Å². The van der Waals surface area contributed by atoms with E-state index in [-0.39, 0.29) is 11.9 Å². The second-order valence-corrected chi connectivity index (χ2v) is 7.28. The lowest BCUT2D eigenvalue weighted by atomic mass is 9.84. The minimum Gasteiger partial charge on any atom is -0.469 e. The van der Waals surface area contributed by atoms with Crippen molar-refractivity contribution in [1.29, 1.82) is 0 Å². The standard InChI is InChI=1S/C22H33NO4/c1-26-20(24)13-9-4-2-3-5-10-14-21(25)27-22(15-17-23-18-16-22)19-11-7-6-8-12-19/h6-8,11-12,23H,2-5,9-10,13-18H2,1H3. The van der Waals surface area contributed by atoms with Crippen LogP contribution in [-0.2, 0) is 24.7 Å². The lowest BCUT2D eigenvalue weighted by Gasteiger charge is -2.37. The quantitative estimate of drug-likeness (QED) is 0.466. The van der Waals surface area contributed by atoms with Crippen molar-refractivity contribution in [2.24, 2.45) is 0 Å². The Bertz CT molecular complexity index is 567. The zero-order valence-electron chi connectivity index (χ0n) is 16.5. The Labute approximate surface area is 162 Å². The average molecular weight is 376 g/mol. The Morgan fingerprint density at radius 2 is 1.44 bits per heavy atom. The average Bonchev–Trinajstić information content (AvgIpc) is 2.71. The minimum absolute atomic E-state index is 0.0913. The molecule has 27 heavy (non-hydrogen) atoms. The van der Waals surface area contributed by atoms with Gasteiger partial charge >= 0.3 is 11.9 Å². The fourth-order valence-corrected chi connectivity index (χ4v) is 3.64. The predicted molar refractivity (Wildman–Crippen MR) is 105 cm³/mol. The van der Waals surface area contributed by atoms with Crippen LogP contribution >= 0.6 is 0 Å². The second kappa shape index (κ2) is 11.8. The van der Waals surface area contributed by atoms with Crippen LogP contribution in [0.2, 0.25) is 0 Å². The molecular formula is C22H33NO4. The number of hydrogen-bond donors (Lipinski definition) is 1. The number of rotatable bonds is 11. The molecule has 1 N–H and O–H groups in total. The first-order chi connectivity index (χ1) is 13.2. The van der Waals surface area contributed by atoms with Gasteiger partial charge in [-0.1, -0.05) is 56.0 Å². The zero-order chi connectivity index (χ0) is 19.4. The van der Waals surface area contributed by atoms with E-state index in [2.05, 4.69) is 22.2 Å². The van der Waals surface area contributed by atoms with Crippen LogP contribution < -0.4 is 5.32 Å². The van der Waals surface area contributed by atoms with Gasteiger partial charge in [0.05, 0.1) is 7.11 Å². The molecule has 0 amide bonds. The van der Waals surface area contributed by atoms with Gasteiger partial charge in [-0.25, -0.2) is 0 Å². The molecule has 0 radical (unpaired) electrons. The van der Waals surface area contributed by atoms with Crippen LogP contribution in [0.5, 0.6) is 0 Å². The Balaban J connectivity index is 1.67. The number of carbonyl (C=O) groups is 2. The van der Waals surface area contributed by atoms with E-state index in [9.17, 15) is 9.59 Å². The van der Waals surface area contributed by atoms with E-state index in [4.69, 9.17) is 4.74 Å². The predicted octanol–water partition coefficient (Wildman–Crippen LogP) is 4.10. The smallest absolute Gasteiger partial charge is 0.306 e. The number of methoxy groups -OCH3 is 1. The van der Waals surface area contributed by atoms with Gasteiger partial charge in [-0.2, -0.15) is 0 Å². The first kappa shape index (κ1) is 21.4. The largest absolute Gasteiger partial charge is 0.469 e. The minimum atomic E-state index is -0.475. The Kier molecular flexibility index (Phi) is 9.32. The van der Waals surface area contributed by atoms with Crippen molar-refractivity contribution in [1.82, 2.24) is 5.32 Å². The van der Waals surface area contributed by atoms with Gasteiger partial charge in [-0.15, -0.1) is 0 Å². The normalized spacial score (nSPS) is 15.9. The molecule has 1 fully saturated rings. The number of esters is 2. The van der Waals surface area contributed by atoms with E-state index < -0.39 is 5.60 Å². The van der Waals surface area contributed by atoms with Crippen molar-refractivity contribution < 1.29 is 19.1 Å². The summed E-state index contributed by atoms with van der Waals surface area (Å²) in [5, 5.41) is 3.35. The van der Waals surface area contributed by atoms with Crippen LogP contribution in [0.4, 0.5) is 0 Å². The molecule has 0 bridgehead atoms. The third-order valence-electron chi connectivity index (χ3n) is 5.26. The maximum atomic E-state index is 12.4. The van der Waals surface area contributed by atoms with Crippen LogP contribution in [0.25, 0.3) is 0 Å². The Morgan fingerprint density at radius 3 is 2.04 bits per heavy atom. The van der Waals surface area contributed by atoms with E-state index in [0.29, 0.717) is 12.8 Å². The summed E-state index contributed by atoms with van der Waals surface area (Å²) in [6.45, 7) is 1.74. The summed E-state index contributed by atoms with van der Waals surface area (Å²) in [5.74, 6) is -0.227. The van der Waals surface area contributed by atoms with Crippen molar-refractivity contribution in [3.05, 3.63) is 35.9 Å². The van der Waals surface area contributed by atoms with Crippen molar-refractivity contribution in [2.75, 3.05) is 20.2 Å². The fraction of sp³-hybridized carbons (Fsp3) is 0.636. The maximum absolute atomic E-state index is 12.4. The molecule has 0 unspecified atom stereocenters. The van der Waals surface area contributed by atoms with Crippen molar-refractivity contribution in [2.45, 2.75) is 69.8 Å². The SMILES string of the molecule is COC(=O)CCCCCCCCC(=O)OC1(c2ccccc2)CCNCC1. The first-order valence-electron chi connectivity index (χ1n) is 10.2. The van der Waals surface area contributed by atoms with E-state index in [1.807, 2.05) is 18.2 Å². The number of nitrogens with one attached hydrogen (secondary N) is 1. The molecule has 0 saturated carbocycles.